The van der Waals surface area contributed by atoms with E-state index in [9.17, 15) is 52.7 Å². The predicted molar refractivity (Wildman–Crippen MR) is 237 cm³/mol. The number of hydrogen-bond acceptors (Lipinski definition) is 15. The highest BCUT2D eigenvalue weighted by Gasteiger charge is 2.36. The van der Waals surface area contributed by atoms with Gasteiger partial charge in [0.1, 0.15) is 5.78 Å². The van der Waals surface area contributed by atoms with E-state index < -0.39 is 47.6 Å². The number of esters is 2. The number of ether oxygens (including phenoxy) is 1. The molecule has 22 nitrogen and oxygen atoms in total. The van der Waals surface area contributed by atoms with E-state index in [4.69, 9.17) is 36.7 Å². The monoisotopic (exact) mass is 957 g/mol. The number of nitrogens with zero attached hydrogens (tertiary/aromatic N) is 2. The van der Waals surface area contributed by atoms with Gasteiger partial charge in [0.25, 0.3) is 29.6 Å². The van der Waals surface area contributed by atoms with Crippen LogP contribution in [0.5, 0.6) is 0 Å². The van der Waals surface area contributed by atoms with Crippen LogP contribution in [0, 0.1) is 0 Å². The number of rotatable bonds is 15. The lowest BCUT2D eigenvalue weighted by molar-refractivity contribution is -0.138. The summed E-state index contributed by atoms with van der Waals surface area (Å²) in [5.41, 5.74) is 12.1. The molecule has 0 fully saturated rings. The zero-order valence-corrected chi connectivity index (χ0v) is 37.3. The van der Waals surface area contributed by atoms with Gasteiger partial charge in [-0.15, -0.1) is 12.4 Å². The summed E-state index contributed by atoms with van der Waals surface area (Å²) in [7, 11) is 0. The minimum Gasteiger partial charge on any atom is -0.481 e. The van der Waals surface area contributed by atoms with Crippen LogP contribution < -0.4 is 16.8 Å². The topological polar surface area (TPSA) is 366 Å². The first-order chi connectivity index (χ1) is 31.2. The highest BCUT2D eigenvalue weighted by atomic mass is 35.5. The largest absolute Gasteiger partial charge is 0.481 e. The molecule has 0 aromatic heterocycles. The minimum absolute atomic E-state index is 0. The van der Waals surface area contributed by atoms with Gasteiger partial charge in [0, 0.05) is 52.4 Å². The Morgan fingerprint density at radius 1 is 0.507 bits per heavy atom. The molecule has 67 heavy (non-hydrogen) atoms. The number of hydrogen-bond donors (Lipinski definition) is 7. The van der Waals surface area contributed by atoms with Crippen LogP contribution in [0.25, 0.3) is 0 Å². The van der Waals surface area contributed by atoms with Crippen molar-refractivity contribution in [3.63, 3.8) is 0 Å². The molecule has 0 unspecified atom stereocenters. The van der Waals surface area contributed by atoms with E-state index in [2.05, 4.69) is 10.1 Å². The van der Waals surface area contributed by atoms with Gasteiger partial charge in [-0.2, -0.15) is 0 Å². The van der Waals surface area contributed by atoms with Gasteiger partial charge in [-0.3, -0.25) is 53.0 Å². The molecule has 0 atom stereocenters. The van der Waals surface area contributed by atoms with Crippen molar-refractivity contribution in [2.24, 2.45) is 11.5 Å². The number of nitrogens with one attached hydrogen (secondary N) is 1. The van der Waals surface area contributed by atoms with Crippen LogP contribution >= 0.6 is 12.4 Å². The van der Waals surface area contributed by atoms with Crippen molar-refractivity contribution in [2.45, 2.75) is 58.8 Å². The van der Waals surface area contributed by atoms with Crippen molar-refractivity contribution in [1.82, 2.24) is 15.1 Å². The molecule has 0 saturated carbocycles. The van der Waals surface area contributed by atoms with Gasteiger partial charge in [-0.25, -0.2) is 9.59 Å². The number of benzene rings is 3. The van der Waals surface area contributed by atoms with Gasteiger partial charge in [0.15, 0.2) is 0 Å². The summed E-state index contributed by atoms with van der Waals surface area (Å²) in [5.74, 6) is -6.42. The number of fused-ring (bicyclic) bond motifs is 3. The first-order valence-electron chi connectivity index (χ1n) is 19.9. The molecule has 5 amide bonds. The Morgan fingerprint density at radius 3 is 1.13 bits per heavy atom. The molecular formula is C44H52ClN5O17. The van der Waals surface area contributed by atoms with Gasteiger partial charge in [-0.1, -0.05) is 36.4 Å². The van der Waals surface area contributed by atoms with E-state index in [0.29, 0.717) is 52.8 Å². The number of carboxylic acid groups (broad SMARTS) is 4. The average molecular weight is 958 g/mol. The van der Waals surface area contributed by atoms with Gasteiger partial charge in [0.05, 0.1) is 46.2 Å². The van der Waals surface area contributed by atoms with E-state index in [1.165, 1.54) is 0 Å². The second-order valence-electron chi connectivity index (χ2n) is 13.6. The molecule has 0 aliphatic carbocycles. The number of carbonyl (C=O) groups is 12. The summed E-state index contributed by atoms with van der Waals surface area (Å²) >= 11 is 0. The number of imide groups is 2. The Bertz CT molecular complexity index is 2180. The zero-order chi connectivity index (χ0) is 49.9. The maximum Gasteiger partial charge on any atom is 0.346 e. The van der Waals surface area contributed by atoms with Crippen LogP contribution in [0.3, 0.4) is 0 Å². The van der Waals surface area contributed by atoms with Gasteiger partial charge >= 0.3 is 29.8 Å². The number of nitrogens with two attached hydrogens (primary N) is 2. The highest BCUT2D eigenvalue weighted by Crippen LogP contribution is 2.23. The minimum atomic E-state index is -1.03. The third kappa shape index (κ3) is 21.2. The Hall–Kier alpha value is -7.69. The molecule has 9 N–H and O–H groups in total. The van der Waals surface area contributed by atoms with Crippen LogP contribution in [0.1, 0.15) is 121 Å². The van der Waals surface area contributed by atoms with Crippen molar-refractivity contribution in [3.05, 3.63) is 106 Å². The van der Waals surface area contributed by atoms with Crippen LogP contribution in [-0.2, 0) is 33.5 Å². The molecular weight excluding hydrogens is 906 g/mol. The molecule has 3 aliphatic heterocycles. The maximum absolute atomic E-state index is 12.1. The molecule has 3 aromatic carbocycles. The zero-order valence-electron chi connectivity index (χ0n) is 36.5. The quantitative estimate of drug-likeness (QED) is 0.0498. The standard InChI is InChI=1S/C15H16N2O5.C11H9NO4.C8H4O3.C5H11NO.C3H7NO2.C2H4O2.ClH/c18-12(16-8-3-6-13(19)20)7-9-17-14(21)10-4-1-2-5-11(10)15(17)22;13-9(14)5-6-12-10(15)7-3-1-2-4-8(7)11(12)16;9-7-5-3-1-2-4-6(5)8(10)11-7;1-5(7)3-2-4-6;4-2-1-3(5)6;1-2(3)4;/h1-2,4-5H,3,6-9H2,(H,16,18)(H,19,20);1-4H,5-6H2,(H,13,14);1-4H;2-4,6H2,1H3;1-2,4H2,(H,5,6);1H3,(H,3,4);1H. The first-order valence-corrected chi connectivity index (χ1v) is 19.9. The van der Waals surface area contributed by atoms with Crippen molar-refractivity contribution in [1.29, 1.82) is 0 Å². The fourth-order valence-electron chi connectivity index (χ4n) is 5.37. The molecule has 6 rings (SSSR count). The highest BCUT2D eigenvalue weighted by molar-refractivity contribution is 6.22. The Kier molecular flexibility index (Phi) is 27.6. The van der Waals surface area contributed by atoms with Gasteiger partial charge in [-0.05, 0) is 62.7 Å². The summed E-state index contributed by atoms with van der Waals surface area (Å²) in [4.78, 5) is 132. The fourth-order valence-corrected chi connectivity index (χ4v) is 5.37. The summed E-state index contributed by atoms with van der Waals surface area (Å²) < 4.78 is 4.35. The molecule has 0 radical (unpaired) electrons. The van der Waals surface area contributed by atoms with E-state index in [1.54, 1.807) is 79.7 Å². The number of aliphatic carboxylic acids is 4. The number of cyclic esters (lactones) is 2. The fraction of sp³-hybridized carbons (Fsp3) is 0.318. The van der Waals surface area contributed by atoms with Gasteiger partial charge in [0.2, 0.25) is 5.91 Å². The summed E-state index contributed by atoms with van der Waals surface area (Å²) in [6.45, 7) is 3.70. The summed E-state index contributed by atoms with van der Waals surface area (Å²) in [6.07, 6.45) is 1.63. The Labute approximate surface area is 389 Å². The summed E-state index contributed by atoms with van der Waals surface area (Å²) in [5, 5.41) is 34.8. The number of ketones is 1. The van der Waals surface area contributed by atoms with Crippen LogP contribution in [0.2, 0.25) is 0 Å². The van der Waals surface area contributed by atoms with E-state index in [0.717, 1.165) is 23.1 Å². The molecule has 23 heteroatoms. The summed E-state index contributed by atoms with van der Waals surface area (Å²) in [6, 6.07) is 19.5. The lowest BCUT2D eigenvalue weighted by atomic mass is 10.1. The van der Waals surface area contributed by atoms with Gasteiger partial charge < -0.3 is 46.7 Å². The maximum atomic E-state index is 12.1. The second kappa shape index (κ2) is 31.2. The third-order valence-electron chi connectivity index (χ3n) is 8.40. The van der Waals surface area contributed by atoms with E-state index in [1.807, 2.05) is 0 Å². The molecule has 3 aromatic rings. The number of carbonyl (C=O) groups excluding carboxylic acids is 8. The molecule has 3 heterocycles. The second-order valence-corrected chi connectivity index (χ2v) is 13.6. The molecule has 362 valence electrons. The normalized spacial score (nSPS) is 12.1. The first kappa shape index (κ1) is 59.3. The smallest absolute Gasteiger partial charge is 0.346 e. The predicted octanol–water partition coefficient (Wildman–Crippen LogP) is 2.66. The Morgan fingerprint density at radius 2 is 0.851 bits per heavy atom. The molecule has 0 saturated heterocycles. The van der Waals surface area contributed by atoms with Crippen molar-refractivity contribution >= 4 is 83.5 Å². The lowest BCUT2D eigenvalue weighted by Crippen LogP contribution is -2.34. The number of amides is 5. The van der Waals surface area contributed by atoms with Crippen molar-refractivity contribution in [2.75, 3.05) is 32.7 Å². The van der Waals surface area contributed by atoms with Crippen molar-refractivity contribution < 1.29 is 82.7 Å². The van der Waals surface area contributed by atoms with Crippen LogP contribution in [-0.4, -0.2) is 134 Å². The molecule has 3 aliphatic rings. The molecule has 0 spiro atoms. The molecule has 0 bridgehead atoms. The number of Topliss-reactive ketones (excluding diaryl/α,β-unsaturated/α-hetero) is 1. The number of carboxylic acids is 4. The van der Waals surface area contributed by atoms with Crippen LogP contribution in [0.4, 0.5) is 0 Å². The SMILES string of the molecule is CC(=O)CCCN.CC(=O)O.Cl.NCCC(=O)O.O=C(O)CCCNC(=O)CCN1C(=O)c2ccccc2C1=O.O=C(O)CCN1C(=O)c2ccccc2C1=O.O=C1OC(=O)c2ccccc21. The number of halogens is 1. The average Bonchev–Trinajstić information content (AvgIpc) is 3.80. The van der Waals surface area contributed by atoms with E-state index >= 15 is 0 Å². The lowest BCUT2D eigenvalue weighted by Gasteiger charge is -2.13. The Balaban J connectivity index is 0.000000850. The third-order valence-corrected chi connectivity index (χ3v) is 8.40. The van der Waals surface area contributed by atoms with E-state index in [-0.39, 0.29) is 87.8 Å². The van der Waals surface area contributed by atoms with Crippen LogP contribution in [0.15, 0.2) is 72.8 Å². The van der Waals surface area contributed by atoms with Crippen molar-refractivity contribution in [3.8, 4) is 0 Å².